The largest absolute Gasteiger partial charge is 0.0735 e. The molecule has 0 saturated heterocycles. The Morgan fingerprint density at radius 2 is 2.00 bits per heavy atom. The van der Waals surface area contributed by atoms with E-state index in [2.05, 4.69) is 44.2 Å². The van der Waals surface area contributed by atoms with Crippen LogP contribution in [-0.4, -0.2) is 0 Å². The van der Waals surface area contributed by atoms with Gasteiger partial charge in [-0.25, -0.2) is 0 Å². The van der Waals surface area contributed by atoms with E-state index < -0.39 is 0 Å². The molecule has 1 aromatic rings. The van der Waals surface area contributed by atoms with Crippen LogP contribution in [0.2, 0.25) is 0 Å². The van der Waals surface area contributed by atoms with Crippen molar-refractivity contribution in [3.8, 4) is 0 Å². The lowest BCUT2D eigenvalue weighted by Gasteiger charge is -2.06. The van der Waals surface area contributed by atoms with Gasteiger partial charge in [0.15, 0.2) is 0 Å². The van der Waals surface area contributed by atoms with E-state index in [0.29, 0.717) is 5.92 Å². The minimum atomic E-state index is 0.668. The number of hydrogen-bond donors (Lipinski definition) is 0. The first-order valence-corrected chi connectivity index (χ1v) is 4.60. The van der Waals surface area contributed by atoms with E-state index in [1.807, 2.05) is 0 Å². The summed E-state index contributed by atoms with van der Waals surface area (Å²) in [4.78, 5) is 0. The third kappa shape index (κ3) is 0.989. The molecule has 0 bridgehead atoms. The number of hydrogen-bond acceptors (Lipinski definition) is 0. The smallest absolute Gasteiger partial charge is 0.00273 e. The number of benzene rings is 1. The first-order chi connectivity index (χ1) is 5.83. The van der Waals surface area contributed by atoms with Crippen LogP contribution in [0.15, 0.2) is 30.3 Å². The molecule has 1 aliphatic carbocycles. The van der Waals surface area contributed by atoms with Gasteiger partial charge < -0.3 is 0 Å². The van der Waals surface area contributed by atoms with Gasteiger partial charge in [0.05, 0.1) is 0 Å². The van der Waals surface area contributed by atoms with E-state index in [-0.39, 0.29) is 0 Å². The highest BCUT2D eigenvalue weighted by Crippen LogP contribution is 2.36. The molecule has 1 aromatic carbocycles. The molecule has 0 heterocycles. The highest BCUT2D eigenvalue weighted by Gasteiger charge is 2.17. The fraction of sp³-hybridized carbons (Fsp3) is 0.333. The van der Waals surface area contributed by atoms with Crippen LogP contribution in [-0.2, 0) is 0 Å². The molecule has 0 heteroatoms. The van der Waals surface area contributed by atoms with Crippen molar-refractivity contribution in [3.63, 3.8) is 0 Å². The maximum atomic E-state index is 2.38. The van der Waals surface area contributed by atoms with Crippen molar-refractivity contribution in [1.82, 2.24) is 0 Å². The molecule has 0 radical (unpaired) electrons. The van der Waals surface area contributed by atoms with Gasteiger partial charge in [0.2, 0.25) is 0 Å². The van der Waals surface area contributed by atoms with E-state index >= 15 is 0 Å². The van der Waals surface area contributed by atoms with Crippen LogP contribution in [0.4, 0.5) is 0 Å². The van der Waals surface area contributed by atoms with E-state index in [1.165, 1.54) is 23.1 Å². The Labute approximate surface area is 73.9 Å². The second kappa shape index (κ2) is 2.78. The van der Waals surface area contributed by atoms with Crippen LogP contribution < -0.4 is 0 Å². The molecule has 0 aliphatic heterocycles. The Hall–Kier alpha value is -1.04. The Bertz CT molecular complexity index is 321. The van der Waals surface area contributed by atoms with Crippen molar-refractivity contribution >= 4 is 5.57 Å². The van der Waals surface area contributed by atoms with E-state index in [0.717, 1.165) is 0 Å². The van der Waals surface area contributed by atoms with E-state index in [4.69, 9.17) is 0 Å². The lowest BCUT2D eigenvalue weighted by molar-refractivity contribution is 0.818. The summed E-state index contributed by atoms with van der Waals surface area (Å²) in [5, 5.41) is 0. The SMILES string of the molecule is CCC1C=C(C)c2ccccc21. The minimum Gasteiger partial charge on any atom is -0.0735 e. The monoisotopic (exact) mass is 158 g/mol. The predicted octanol–water partition coefficient (Wildman–Crippen LogP) is 3.60. The summed E-state index contributed by atoms with van der Waals surface area (Å²) in [5.41, 5.74) is 4.40. The van der Waals surface area contributed by atoms with Crippen LogP contribution >= 0.6 is 0 Å². The fourth-order valence-corrected chi connectivity index (χ4v) is 2.00. The summed E-state index contributed by atoms with van der Waals surface area (Å²) < 4.78 is 0. The molecule has 0 amide bonds. The molecular weight excluding hydrogens is 144 g/mol. The van der Waals surface area contributed by atoms with Gasteiger partial charge in [-0.15, -0.1) is 0 Å². The van der Waals surface area contributed by atoms with E-state index in [1.54, 1.807) is 0 Å². The summed E-state index contributed by atoms with van der Waals surface area (Å²) >= 11 is 0. The zero-order valence-electron chi connectivity index (χ0n) is 7.67. The van der Waals surface area contributed by atoms with Crippen LogP contribution in [0.5, 0.6) is 0 Å². The summed E-state index contributed by atoms with van der Waals surface area (Å²) in [7, 11) is 0. The minimum absolute atomic E-state index is 0.668. The molecule has 1 aliphatic rings. The maximum Gasteiger partial charge on any atom is 0.00273 e. The number of allylic oxidation sites excluding steroid dienone is 2. The Balaban J connectivity index is 2.52. The molecule has 1 atom stereocenters. The zero-order chi connectivity index (χ0) is 8.55. The van der Waals surface area contributed by atoms with Crippen LogP contribution in [0.1, 0.15) is 37.3 Å². The van der Waals surface area contributed by atoms with Crippen molar-refractivity contribution in [3.05, 3.63) is 41.5 Å². The molecule has 62 valence electrons. The van der Waals surface area contributed by atoms with Crippen LogP contribution in [0.25, 0.3) is 5.57 Å². The quantitative estimate of drug-likeness (QED) is 0.585. The topological polar surface area (TPSA) is 0 Å². The predicted molar refractivity (Wildman–Crippen MR) is 53.1 cm³/mol. The van der Waals surface area contributed by atoms with Crippen molar-refractivity contribution in [1.29, 1.82) is 0 Å². The van der Waals surface area contributed by atoms with Gasteiger partial charge in [-0.3, -0.25) is 0 Å². The van der Waals surface area contributed by atoms with Crippen molar-refractivity contribution in [2.24, 2.45) is 0 Å². The Morgan fingerprint density at radius 1 is 1.25 bits per heavy atom. The van der Waals surface area contributed by atoms with Crippen LogP contribution in [0.3, 0.4) is 0 Å². The first kappa shape index (κ1) is 7.60. The second-order valence-electron chi connectivity index (χ2n) is 3.45. The molecule has 0 nitrogen and oxygen atoms in total. The lowest BCUT2D eigenvalue weighted by Crippen LogP contribution is -1.89. The lowest BCUT2D eigenvalue weighted by atomic mass is 9.98. The molecule has 0 aromatic heterocycles. The highest BCUT2D eigenvalue weighted by atomic mass is 14.2. The number of rotatable bonds is 1. The summed E-state index contributed by atoms with van der Waals surface area (Å²) in [6, 6.07) is 8.72. The molecule has 0 fully saturated rings. The first-order valence-electron chi connectivity index (χ1n) is 4.60. The van der Waals surface area contributed by atoms with E-state index in [9.17, 15) is 0 Å². The van der Waals surface area contributed by atoms with Gasteiger partial charge >= 0.3 is 0 Å². The zero-order valence-corrected chi connectivity index (χ0v) is 7.67. The van der Waals surface area contributed by atoms with Gasteiger partial charge in [0.25, 0.3) is 0 Å². The highest BCUT2D eigenvalue weighted by molar-refractivity contribution is 5.73. The molecule has 12 heavy (non-hydrogen) atoms. The third-order valence-electron chi connectivity index (χ3n) is 2.68. The summed E-state index contributed by atoms with van der Waals surface area (Å²) in [6.45, 7) is 4.45. The van der Waals surface area contributed by atoms with Crippen molar-refractivity contribution < 1.29 is 0 Å². The Kier molecular flexibility index (Phi) is 1.76. The molecule has 1 unspecified atom stereocenters. The average Bonchev–Trinajstić information content (AvgIpc) is 2.44. The normalized spacial score (nSPS) is 20.5. The molecule has 2 rings (SSSR count). The standard InChI is InChI=1S/C12H14/c1-3-10-8-9(2)11-6-4-5-7-12(10)11/h4-8,10H,3H2,1-2H3. The summed E-state index contributed by atoms with van der Waals surface area (Å²) in [5.74, 6) is 0.668. The molecule has 0 N–H and O–H groups in total. The van der Waals surface area contributed by atoms with Gasteiger partial charge in [0, 0.05) is 5.92 Å². The maximum absolute atomic E-state index is 2.38. The average molecular weight is 158 g/mol. The fourth-order valence-electron chi connectivity index (χ4n) is 2.00. The van der Waals surface area contributed by atoms with Gasteiger partial charge in [-0.05, 0) is 30.0 Å². The second-order valence-corrected chi connectivity index (χ2v) is 3.45. The summed E-state index contributed by atoms with van der Waals surface area (Å²) in [6.07, 6.45) is 3.60. The van der Waals surface area contributed by atoms with Gasteiger partial charge in [-0.2, -0.15) is 0 Å². The third-order valence-corrected chi connectivity index (χ3v) is 2.68. The molecule has 0 saturated carbocycles. The van der Waals surface area contributed by atoms with Crippen LogP contribution in [0, 0.1) is 0 Å². The van der Waals surface area contributed by atoms with Gasteiger partial charge in [0.1, 0.15) is 0 Å². The molecule has 0 spiro atoms. The van der Waals surface area contributed by atoms with Crippen molar-refractivity contribution in [2.75, 3.05) is 0 Å². The van der Waals surface area contributed by atoms with Crippen molar-refractivity contribution in [2.45, 2.75) is 26.2 Å². The molecular formula is C12H14. The van der Waals surface area contributed by atoms with Gasteiger partial charge in [-0.1, -0.05) is 37.3 Å². The number of fused-ring (bicyclic) bond motifs is 1. The Morgan fingerprint density at radius 3 is 2.75 bits per heavy atom.